The number of ether oxygens (including phenoxy) is 1. The molecule has 0 saturated heterocycles. The Labute approximate surface area is 73.2 Å². The van der Waals surface area contributed by atoms with Crippen molar-refractivity contribution in [1.29, 1.82) is 0 Å². The minimum atomic E-state index is -0.0695. The zero-order valence-corrected chi connectivity index (χ0v) is 7.56. The Morgan fingerprint density at radius 1 is 1.25 bits per heavy atom. The average molecular weight is 169 g/mol. The molecule has 0 saturated carbocycles. The second-order valence-corrected chi connectivity index (χ2v) is 2.35. The number of hydrogen-bond acceptors (Lipinski definition) is 3. The Bertz CT molecular complexity index is 157. The third-order valence-corrected chi connectivity index (χ3v) is 1.49. The van der Waals surface area contributed by atoms with Crippen LogP contribution in [0.5, 0.6) is 0 Å². The first-order valence-corrected chi connectivity index (χ1v) is 4.26. The molecule has 1 aliphatic rings. The highest BCUT2D eigenvalue weighted by Gasteiger charge is 2.13. The highest BCUT2D eigenvalue weighted by molar-refractivity contribution is 5.09. The topological polar surface area (TPSA) is 21.7 Å². The lowest BCUT2D eigenvalue weighted by Gasteiger charge is -2.27. The first-order chi connectivity index (χ1) is 5.88. The van der Waals surface area contributed by atoms with Crippen molar-refractivity contribution in [3.8, 4) is 0 Å². The van der Waals surface area contributed by atoms with Crippen molar-refractivity contribution in [3.05, 3.63) is 24.4 Å². The molecule has 0 aliphatic carbocycles. The largest absolute Gasteiger partial charge is 0.353 e. The zero-order chi connectivity index (χ0) is 8.81. The standard InChI is InChI=1S/C9H15NO2/c1-3-11-9-7-5-6-8-10(9)12-4-2/h5-9H,3-4H2,1-2H3. The first-order valence-electron chi connectivity index (χ1n) is 4.26. The van der Waals surface area contributed by atoms with Crippen LogP contribution in [0.25, 0.3) is 0 Å². The lowest BCUT2D eigenvalue weighted by molar-refractivity contribution is -0.202. The molecular formula is C9H15NO2. The van der Waals surface area contributed by atoms with E-state index in [0.29, 0.717) is 13.2 Å². The average Bonchev–Trinajstić information content (AvgIpc) is 2.09. The maximum Gasteiger partial charge on any atom is 0.172 e. The molecule has 3 heteroatoms. The summed E-state index contributed by atoms with van der Waals surface area (Å²) in [5.41, 5.74) is 0. The summed E-state index contributed by atoms with van der Waals surface area (Å²) in [6.07, 6.45) is 7.63. The van der Waals surface area contributed by atoms with Gasteiger partial charge >= 0.3 is 0 Å². The molecule has 0 N–H and O–H groups in total. The Morgan fingerprint density at radius 3 is 2.75 bits per heavy atom. The molecule has 0 aromatic carbocycles. The van der Waals surface area contributed by atoms with Crippen LogP contribution in [0.4, 0.5) is 0 Å². The summed E-state index contributed by atoms with van der Waals surface area (Å²) in [5.74, 6) is 0. The summed E-state index contributed by atoms with van der Waals surface area (Å²) >= 11 is 0. The van der Waals surface area contributed by atoms with Gasteiger partial charge in [0.05, 0.1) is 6.61 Å². The van der Waals surface area contributed by atoms with Crippen LogP contribution in [0.15, 0.2) is 24.4 Å². The van der Waals surface area contributed by atoms with E-state index < -0.39 is 0 Å². The number of allylic oxidation sites excluding steroid dienone is 2. The molecule has 0 fully saturated rings. The van der Waals surface area contributed by atoms with Crippen molar-refractivity contribution in [2.24, 2.45) is 0 Å². The van der Waals surface area contributed by atoms with Crippen LogP contribution in [0.1, 0.15) is 13.8 Å². The smallest absolute Gasteiger partial charge is 0.172 e. The van der Waals surface area contributed by atoms with Gasteiger partial charge in [0, 0.05) is 12.8 Å². The van der Waals surface area contributed by atoms with E-state index in [1.807, 2.05) is 38.3 Å². The van der Waals surface area contributed by atoms with Gasteiger partial charge in [0.2, 0.25) is 0 Å². The molecule has 68 valence electrons. The Balaban J connectivity index is 2.45. The highest BCUT2D eigenvalue weighted by Crippen LogP contribution is 2.09. The fourth-order valence-electron chi connectivity index (χ4n) is 1.03. The van der Waals surface area contributed by atoms with Crippen LogP contribution < -0.4 is 0 Å². The van der Waals surface area contributed by atoms with E-state index in [4.69, 9.17) is 9.57 Å². The second kappa shape index (κ2) is 4.95. The van der Waals surface area contributed by atoms with Gasteiger partial charge in [-0.15, -0.1) is 0 Å². The first kappa shape index (κ1) is 9.29. The van der Waals surface area contributed by atoms with Gasteiger partial charge in [-0.25, -0.2) is 5.06 Å². The molecule has 0 spiro atoms. The van der Waals surface area contributed by atoms with E-state index in [2.05, 4.69) is 0 Å². The quantitative estimate of drug-likeness (QED) is 0.639. The number of hydrogen-bond donors (Lipinski definition) is 0. The maximum absolute atomic E-state index is 5.41. The third kappa shape index (κ3) is 2.36. The van der Waals surface area contributed by atoms with Gasteiger partial charge < -0.3 is 4.74 Å². The van der Waals surface area contributed by atoms with E-state index in [9.17, 15) is 0 Å². The lowest BCUT2D eigenvalue weighted by Crippen LogP contribution is -2.33. The van der Waals surface area contributed by atoms with Crippen LogP contribution in [0.2, 0.25) is 0 Å². The Kier molecular flexibility index (Phi) is 3.84. The van der Waals surface area contributed by atoms with Crippen molar-refractivity contribution in [2.75, 3.05) is 13.2 Å². The molecular weight excluding hydrogens is 154 g/mol. The number of rotatable bonds is 4. The fourth-order valence-corrected chi connectivity index (χ4v) is 1.03. The van der Waals surface area contributed by atoms with Crippen LogP contribution in [0.3, 0.4) is 0 Å². The summed E-state index contributed by atoms with van der Waals surface area (Å²) in [7, 11) is 0. The van der Waals surface area contributed by atoms with Crippen molar-refractivity contribution in [3.63, 3.8) is 0 Å². The van der Waals surface area contributed by atoms with Gasteiger partial charge in [0.15, 0.2) is 6.23 Å². The molecule has 1 heterocycles. The van der Waals surface area contributed by atoms with Gasteiger partial charge in [-0.3, -0.25) is 4.84 Å². The highest BCUT2D eigenvalue weighted by atomic mass is 16.7. The molecule has 0 amide bonds. The van der Waals surface area contributed by atoms with Crippen LogP contribution in [-0.4, -0.2) is 24.5 Å². The van der Waals surface area contributed by atoms with E-state index in [-0.39, 0.29) is 6.23 Å². The molecule has 1 unspecified atom stereocenters. The molecule has 12 heavy (non-hydrogen) atoms. The van der Waals surface area contributed by atoms with Crippen LogP contribution in [-0.2, 0) is 9.57 Å². The van der Waals surface area contributed by atoms with E-state index in [0.717, 1.165) is 0 Å². The molecule has 0 aromatic heterocycles. The van der Waals surface area contributed by atoms with Crippen molar-refractivity contribution < 1.29 is 9.57 Å². The van der Waals surface area contributed by atoms with Gasteiger partial charge in [-0.2, -0.15) is 0 Å². The summed E-state index contributed by atoms with van der Waals surface area (Å²) in [4.78, 5) is 5.32. The lowest BCUT2D eigenvalue weighted by atomic mass is 10.3. The summed E-state index contributed by atoms with van der Waals surface area (Å²) < 4.78 is 5.41. The second-order valence-electron chi connectivity index (χ2n) is 2.35. The molecule has 1 rings (SSSR count). The molecule has 0 aromatic rings. The van der Waals surface area contributed by atoms with Crippen molar-refractivity contribution in [1.82, 2.24) is 5.06 Å². The van der Waals surface area contributed by atoms with Crippen molar-refractivity contribution in [2.45, 2.75) is 20.1 Å². The normalized spacial score (nSPS) is 21.8. The minimum Gasteiger partial charge on any atom is -0.353 e. The van der Waals surface area contributed by atoms with Gasteiger partial charge in [0.1, 0.15) is 0 Å². The fraction of sp³-hybridized carbons (Fsp3) is 0.556. The van der Waals surface area contributed by atoms with E-state index in [1.165, 1.54) is 0 Å². The van der Waals surface area contributed by atoms with Gasteiger partial charge in [-0.05, 0) is 26.0 Å². The minimum absolute atomic E-state index is 0.0695. The number of nitrogens with zero attached hydrogens (tertiary/aromatic N) is 1. The van der Waals surface area contributed by atoms with Crippen molar-refractivity contribution >= 4 is 0 Å². The molecule has 0 radical (unpaired) electrons. The Hall–Kier alpha value is -0.800. The molecule has 3 nitrogen and oxygen atoms in total. The molecule has 1 aliphatic heterocycles. The zero-order valence-electron chi connectivity index (χ0n) is 7.56. The maximum atomic E-state index is 5.41. The van der Waals surface area contributed by atoms with Gasteiger partial charge in [0.25, 0.3) is 0 Å². The summed E-state index contributed by atoms with van der Waals surface area (Å²) in [5, 5.41) is 1.71. The summed E-state index contributed by atoms with van der Waals surface area (Å²) in [6.45, 7) is 5.26. The SMILES string of the molecule is CCOC1C=CC=CN1OCC. The van der Waals surface area contributed by atoms with Crippen LogP contribution >= 0.6 is 0 Å². The monoisotopic (exact) mass is 169 g/mol. The summed E-state index contributed by atoms with van der Waals surface area (Å²) in [6, 6.07) is 0. The predicted octanol–water partition coefficient (Wildman–Crippen LogP) is 1.69. The van der Waals surface area contributed by atoms with E-state index >= 15 is 0 Å². The number of hydroxylamine groups is 2. The molecule has 1 atom stereocenters. The van der Waals surface area contributed by atoms with Gasteiger partial charge in [-0.1, -0.05) is 6.08 Å². The predicted molar refractivity (Wildman–Crippen MR) is 47.2 cm³/mol. The van der Waals surface area contributed by atoms with E-state index in [1.54, 1.807) is 5.06 Å². The van der Waals surface area contributed by atoms with Crippen LogP contribution in [0, 0.1) is 0 Å². The third-order valence-electron chi connectivity index (χ3n) is 1.49. The molecule has 0 bridgehead atoms. The Morgan fingerprint density at radius 2 is 2.08 bits per heavy atom.